The van der Waals surface area contributed by atoms with Crippen LogP contribution in [0.2, 0.25) is 0 Å². The number of allylic oxidation sites excluding steroid dienone is 8. The van der Waals surface area contributed by atoms with Crippen LogP contribution in [0.5, 0.6) is 0 Å². The second-order valence-electron chi connectivity index (χ2n) is 21.4. The van der Waals surface area contributed by atoms with Gasteiger partial charge in [0.2, 0.25) is 0 Å². The number of carbonyl (C=O) groups is 4. The normalized spacial score (nSPS) is 12.9. The smallest absolute Gasteiger partial charge is 0.550 e. The zero-order valence-corrected chi connectivity index (χ0v) is 51.1. The number of carboxylic acids is 4. The number of aromatic nitrogens is 8. The number of hydrogen-bond acceptors (Lipinski definition) is 12. The molecule has 0 saturated heterocycles. The van der Waals surface area contributed by atoms with Crippen LogP contribution in [-0.4, -0.2) is 63.7 Å². The molecule has 6 aromatic heterocycles. The summed E-state index contributed by atoms with van der Waals surface area (Å²) in [6, 6.07) is 15.6. The van der Waals surface area contributed by atoms with Crippen LogP contribution in [-0.2, 0) is 40.2 Å². The Morgan fingerprint density at radius 2 is 0.541 bits per heavy atom. The maximum absolute atomic E-state index is 11.4. The molecule has 16 nitrogen and oxygen atoms in total. The van der Waals surface area contributed by atoms with Crippen LogP contribution in [0.15, 0.2) is 74.8 Å². The number of aryl methyl sites for hydroxylation is 4. The van der Waals surface area contributed by atoms with Gasteiger partial charge < -0.3 is 59.5 Å². The monoisotopic (exact) mass is 1320 g/mol. The molecule has 0 radical (unpaired) electrons. The van der Waals surface area contributed by atoms with Crippen molar-refractivity contribution in [2.75, 3.05) is 0 Å². The van der Waals surface area contributed by atoms with Gasteiger partial charge in [0.1, 0.15) is 0 Å². The van der Waals surface area contributed by atoms with Gasteiger partial charge in [0, 0.05) is 90.3 Å². The number of H-pyrrole nitrogens is 4. The standard InChI is InChI=1S/2C34H34N4O4.Pt/c2*1-7-21-17(3)25-13-26-19(5)23(9-11-33(39)40)31(37-26)16-32-24(10-12-34(41)42)20(6)28(38-32)15-30-22(8-2)18(4)27(36-30)14-29(21)35-25;/h2*7-8,13-16,35-36H,1-2,9-12H2,3-6H3,(H,39,40)(H,41,42);/q;;+4/p-4. The van der Waals surface area contributed by atoms with Gasteiger partial charge in [0.05, 0.1) is 45.6 Å². The number of nitrogens with one attached hydrogen (secondary N) is 4. The first kappa shape index (κ1) is 61.8. The van der Waals surface area contributed by atoms with Crippen LogP contribution in [0.1, 0.15) is 169 Å². The quantitative estimate of drug-likeness (QED) is 0.0704. The molecule has 0 aliphatic carbocycles. The SMILES string of the molecule is C=Cc1c(C)c2cc3[nH]c(cc4nc(cc5nc(cc1[nH]2)C(C)=C5CCC(=O)[O-])C(CCC(=O)[O-])=C4C)c(C)c3C=C.C=Cc1c(C)c2cc3[nH]c(cc4nc(cc5nc(cc1[nH]2)C(C)=C5CCC(=O)[O-])C(CCC(=O)[O-])=C4C)c(C)c3C=C.[Pt+4]. The van der Waals surface area contributed by atoms with Crippen molar-refractivity contribution >= 4 is 137 Å². The summed E-state index contributed by atoms with van der Waals surface area (Å²) in [4.78, 5) is 79.4. The number of aliphatic carboxylic acids is 4. The Morgan fingerprint density at radius 3 is 0.753 bits per heavy atom. The average Bonchev–Trinajstić information content (AvgIpc) is 1.94. The van der Waals surface area contributed by atoms with E-state index in [0.717, 1.165) is 133 Å². The molecule has 10 heterocycles. The topological polar surface area (TPSA) is 275 Å². The summed E-state index contributed by atoms with van der Waals surface area (Å²) < 4.78 is 0. The van der Waals surface area contributed by atoms with Crippen molar-refractivity contribution in [1.29, 1.82) is 0 Å². The minimum absolute atomic E-state index is 0. The fraction of sp³-hybridized carbons (Fsp3) is 0.235. The molecule has 0 saturated carbocycles. The molecule has 0 fully saturated rings. The third kappa shape index (κ3) is 12.4. The summed E-state index contributed by atoms with van der Waals surface area (Å²) in [5.74, 6) is -4.58. The molecular formula is C68H64N8O8Pt. The van der Waals surface area contributed by atoms with E-state index in [0.29, 0.717) is 45.6 Å². The number of hydrogen-bond donors (Lipinski definition) is 4. The molecule has 17 heteroatoms. The van der Waals surface area contributed by atoms with Crippen LogP contribution in [0.4, 0.5) is 0 Å². The second-order valence-corrected chi connectivity index (χ2v) is 21.4. The van der Waals surface area contributed by atoms with E-state index in [1.54, 1.807) is 12.2 Å². The predicted octanol–water partition coefficient (Wildman–Crippen LogP) is 10.3. The number of rotatable bonds is 16. The van der Waals surface area contributed by atoms with Gasteiger partial charge in [0.25, 0.3) is 0 Å². The molecule has 85 heavy (non-hydrogen) atoms. The summed E-state index contributed by atoms with van der Waals surface area (Å²) in [6.45, 7) is 31.9. The number of aromatic amines is 4. The Balaban J connectivity index is 0.000000219. The zero-order valence-electron chi connectivity index (χ0n) is 48.8. The Hall–Kier alpha value is -9.27. The minimum atomic E-state index is -1.15. The molecule has 6 aromatic rings. The third-order valence-electron chi connectivity index (χ3n) is 16.4. The van der Waals surface area contributed by atoms with E-state index in [9.17, 15) is 39.6 Å². The van der Waals surface area contributed by atoms with Gasteiger partial charge >= 0.3 is 21.1 Å². The van der Waals surface area contributed by atoms with Crippen LogP contribution in [0.3, 0.4) is 0 Å². The summed E-state index contributed by atoms with van der Waals surface area (Å²) in [7, 11) is 0. The summed E-state index contributed by atoms with van der Waals surface area (Å²) in [5.41, 5.74) is 26.5. The molecule has 4 aliphatic heterocycles. The molecule has 0 amide bonds. The van der Waals surface area contributed by atoms with Crippen LogP contribution in [0.25, 0.3) is 113 Å². The zero-order chi connectivity index (χ0) is 60.6. The average molecular weight is 1320 g/mol. The number of carbonyl (C=O) groups excluding carboxylic acids is 4. The maximum Gasteiger partial charge on any atom is 4.00 e. The van der Waals surface area contributed by atoms with Gasteiger partial charge in [-0.15, -0.1) is 0 Å². The van der Waals surface area contributed by atoms with Crippen molar-refractivity contribution < 1.29 is 60.7 Å². The molecular weight excluding hydrogens is 1250 g/mol. The first-order valence-electron chi connectivity index (χ1n) is 27.7. The predicted molar refractivity (Wildman–Crippen MR) is 328 cm³/mol. The summed E-state index contributed by atoms with van der Waals surface area (Å²) in [5, 5.41) is 45.6. The Morgan fingerprint density at radius 1 is 0.341 bits per heavy atom. The first-order chi connectivity index (χ1) is 40.0. The van der Waals surface area contributed by atoms with Crippen LogP contribution < -0.4 is 20.4 Å². The van der Waals surface area contributed by atoms with E-state index in [2.05, 4.69) is 46.3 Å². The number of fused-ring (bicyclic) bond motifs is 16. The second kappa shape index (κ2) is 25.3. The molecule has 0 atom stereocenters. The number of nitrogens with zero attached hydrogens (tertiary/aromatic N) is 4. The molecule has 16 bridgehead atoms. The van der Waals surface area contributed by atoms with Crippen LogP contribution >= 0.6 is 0 Å². The van der Waals surface area contributed by atoms with Gasteiger partial charge in [-0.1, -0.05) is 50.6 Å². The van der Waals surface area contributed by atoms with Crippen molar-refractivity contribution in [2.24, 2.45) is 0 Å². The van der Waals surface area contributed by atoms with E-state index in [1.807, 2.05) is 116 Å². The van der Waals surface area contributed by atoms with Crippen molar-refractivity contribution in [3.8, 4) is 0 Å². The van der Waals surface area contributed by atoms with Crippen molar-refractivity contribution in [2.45, 2.75) is 107 Å². The van der Waals surface area contributed by atoms with Crippen LogP contribution in [0, 0.1) is 27.7 Å². The van der Waals surface area contributed by atoms with Crippen molar-refractivity contribution in [3.63, 3.8) is 0 Å². The molecule has 4 aliphatic rings. The Labute approximate surface area is 506 Å². The summed E-state index contributed by atoms with van der Waals surface area (Å²) >= 11 is 0. The number of carboxylic acid groups (broad SMARTS) is 4. The van der Waals surface area contributed by atoms with E-state index >= 15 is 0 Å². The fourth-order valence-corrected chi connectivity index (χ4v) is 11.5. The van der Waals surface area contributed by atoms with Gasteiger partial charge in [-0.3, -0.25) is 0 Å². The summed E-state index contributed by atoms with van der Waals surface area (Å²) in [6.07, 6.45) is 7.58. The van der Waals surface area contributed by atoms with E-state index in [4.69, 9.17) is 19.9 Å². The largest absolute Gasteiger partial charge is 4.00 e. The molecule has 0 aromatic carbocycles. The van der Waals surface area contributed by atoms with E-state index in [1.165, 1.54) is 0 Å². The van der Waals surface area contributed by atoms with E-state index in [-0.39, 0.29) is 72.4 Å². The third-order valence-corrected chi connectivity index (χ3v) is 16.4. The molecule has 10 rings (SSSR count). The van der Waals surface area contributed by atoms with Gasteiger partial charge in [-0.25, -0.2) is 19.9 Å². The van der Waals surface area contributed by atoms with Gasteiger partial charge in [-0.05, 0) is 222 Å². The van der Waals surface area contributed by atoms with E-state index < -0.39 is 23.9 Å². The maximum atomic E-state index is 11.4. The van der Waals surface area contributed by atoms with Crippen molar-refractivity contribution in [1.82, 2.24) is 39.9 Å². The fourth-order valence-electron chi connectivity index (χ4n) is 11.5. The minimum Gasteiger partial charge on any atom is -0.550 e. The van der Waals surface area contributed by atoms with Gasteiger partial charge in [0.15, 0.2) is 0 Å². The molecule has 0 unspecified atom stereocenters. The van der Waals surface area contributed by atoms with Crippen molar-refractivity contribution in [3.05, 3.63) is 165 Å². The molecule has 0 spiro atoms. The Kier molecular flexibility index (Phi) is 18.4. The molecule has 434 valence electrons. The Bertz CT molecular complexity index is 4120. The first-order valence-corrected chi connectivity index (χ1v) is 27.7. The molecule has 4 N–H and O–H groups in total. The van der Waals surface area contributed by atoms with Gasteiger partial charge in [-0.2, -0.15) is 0 Å².